The quantitative estimate of drug-likeness (QED) is 0.469. The molecule has 0 unspecified atom stereocenters. The van der Waals surface area contributed by atoms with E-state index in [1.54, 1.807) is 0 Å². The monoisotopic (exact) mass is 254 g/mol. The minimum Gasteiger partial charge on any atom is -0.506 e. The van der Waals surface area contributed by atoms with E-state index in [4.69, 9.17) is 5.73 Å². The van der Waals surface area contributed by atoms with Crippen molar-refractivity contribution in [3.05, 3.63) is 30.6 Å². The third-order valence-electron chi connectivity index (χ3n) is 2.04. The maximum Gasteiger partial charge on any atom is 0.264 e. The molecule has 0 atom stereocenters. The number of aromatic amines is 1. The molecule has 5 N–H and O–H groups in total. The van der Waals surface area contributed by atoms with Crippen molar-refractivity contribution in [3.8, 4) is 5.75 Å². The maximum absolute atomic E-state index is 11.9. The number of benzene rings is 1. The maximum atomic E-state index is 11.9. The second-order valence-corrected chi connectivity index (χ2v) is 4.95. The van der Waals surface area contributed by atoms with Gasteiger partial charge in [0.05, 0.1) is 10.6 Å². The van der Waals surface area contributed by atoms with Crippen molar-refractivity contribution in [3.63, 3.8) is 0 Å². The summed E-state index contributed by atoms with van der Waals surface area (Å²) in [7, 11) is -3.76. The molecule has 90 valence electrons. The van der Waals surface area contributed by atoms with Crippen LogP contribution in [0.4, 0.5) is 11.6 Å². The van der Waals surface area contributed by atoms with Crippen LogP contribution in [0, 0.1) is 0 Å². The van der Waals surface area contributed by atoms with E-state index < -0.39 is 10.0 Å². The van der Waals surface area contributed by atoms with E-state index in [-0.39, 0.29) is 22.3 Å². The summed E-state index contributed by atoms with van der Waals surface area (Å²) in [6, 6.07) is 3.63. The van der Waals surface area contributed by atoms with Crippen LogP contribution in [0.15, 0.2) is 35.5 Å². The number of aromatic nitrogens is 2. The van der Waals surface area contributed by atoms with E-state index in [9.17, 15) is 13.5 Å². The topological polar surface area (TPSA) is 121 Å². The summed E-state index contributed by atoms with van der Waals surface area (Å²) in [5, 5.41) is 9.21. The van der Waals surface area contributed by atoms with Crippen molar-refractivity contribution in [2.45, 2.75) is 4.90 Å². The van der Waals surface area contributed by atoms with Gasteiger partial charge in [-0.2, -0.15) is 0 Å². The van der Waals surface area contributed by atoms with Crippen LogP contribution in [-0.4, -0.2) is 23.5 Å². The molecular weight excluding hydrogens is 244 g/mol. The first kappa shape index (κ1) is 11.3. The molecule has 0 saturated heterocycles. The number of hydrogen-bond acceptors (Lipinski definition) is 5. The predicted molar refractivity (Wildman–Crippen MR) is 61.9 cm³/mol. The van der Waals surface area contributed by atoms with Gasteiger partial charge in [-0.25, -0.2) is 18.1 Å². The molecule has 0 bridgehead atoms. The third-order valence-corrected chi connectivity index (χ3v) is 3.38. The predicted octanol–water partition coefficient (Wildman–Crippen LogP) is 0.498. The van der Waals surface area contributed by atoms with Gasteiger partial charge in [-0.05, 0) is 18.2 Å². The van der Waals surface area contributed by atoms with Crippen LogP contribution >= 0.6 is 0 Å². The molecule has 0 spiro atoms. The number of phenolic OH excluding ortho intramolecular Hbond substituents is 1. The summed E-state index contributed by atoms with van der Waals surface area (Å²) in [5.41, 5.74) is 5.42. The fourth-order valence-corrected chi connectivity index (χ4v) is 2.22. The Kier molecular flexibility index (Phi) is 2.64. The van der Waals surface area contributed by atoms with Crippen LogP contribution in [0.25, 0.3) is 0 Å². The van der Waals surface area contributed by atoms with Gasteiger partial charge in [-0.15, -0.1) is 0 Å². The van der Waals surface area contributed by atoms with Gasteiger partial charge in [-0.3, -0.25) is 0 Å². The van der Waals surface area contributed by atoms with Crippen LogP contribution in [0.2, 0.25) is 0 Å². The lowest BCUT2D eigenvalue weighted by molar-refractivity contribution is 0.477. The number of hydrogen-bond donors (Lipinski definition) is 4. The molecule has 8 heteroatoms. The fraction of sp³-hybridized carbons (Fsp3) is 0. The Hall–Kier alpha value is -2.22. The number of imidazole rings is 1. The fourth-order valence-electron chi connectivity index (χ4n) is 1.21. The van der Waals surface area contributed by atoms with Crippen molar-refractivity contribution in [1.29, 1.82) is 0 Å². The number of rotatable bonds is 3. The van der Waals surface area contributed by atoms with Gasteiger partial charge in [0.25, 0.3) is 10.0 Å². The summed E-state index contributed by atoms with van der Waals surface area (Å²) in [4.78, 5) is 6.30. The molecule has 0 aliphatic rings. The zero-order valence-electron chi connectivity index (χ0n) is 8.58. The highest BCUT2D eigenvalue weighted by Crippen LogP contribution is 2.23. The lowest BCUT2D eigenvalue weighted by atomic mass is 10.3. The molecule has 0 aliphatic carbocycles. The number of H-pyrrole nitrogens is 1. The first-order chi connectivity index (χ1) is 7.99. The highest BCUT2D eigenvalue weighted by Gasteiger charge is 2.16. The second kappa shape index (κ2) is 3.98. The first-order valence-electron chi connectivity index (χ1n) is 4.60. The standard InChI is InChI=1S/C9H10N4O3S/c10-7-5-6(1-2-8(7)14)17(15,16)13-9-11-3-4-12-9/h1-5,14H,10H2,(H2,11,12,13). The van der Waals surface area contributed by atoms with E-state index in [0.29, 0.717) is 0 Å². The molecule has 7 nitrogen and oxygen atoms in total. The number of sulfonamides is 1. The minimum atomic E-state index is -3.76. The number of anilines is 2. The summed E-state index contributed by atoms with van der Waals surface area (Å²) >= 11 is 0. The Morgan fingerprint density at radius 2 is 2.18 bits per heavy atom. The van der Waals surface area contributed by atoms with E-state index in [1.807, 2.05) is 0 Å². The summed E-state index contributed by atoms with van der Waals surface area (Å²) in [6.07, 6.45) is 2.91. The zero-order chi connectivity index (χ0) is 12.5. The Bertz CT molecular complexity index is 622. The highest BCUT2D eigenvalue weighted by molar-refractivity contribution is 7.92. The normalized spacial score (nSPS) is 11.3. The number of phenols is 1. The number of nitrogen functional groups attached to an aromatic ring is 1. The molecular formula is C9H10N4O3S. The smallest absolute Gasteiger partial charge is 0.264 e. The van der Waals surface area contributed by atoms with Crippen molar-refractivity contribution in [1.82, 2.24) is 9.97 Å². The van der Waals surface area contributed by atoms with Crippen molar-refractivity contribution >= 4 is 21.7 Å². The molecule has 17 heavy (non-hydrogen) atoms. The Balaban J connectivity index is 2.35. The van der Waals surface area contributed by atoms with Crippen LogP contribution < -0.4 is 10.5 Å². The van der Waals surface area contributed by atoms with Crippen LogP contribution in [-0.2, 0) is 10.0 Å². The molecule has 0 amide bonds. The largest absolute Gasteiger partial charge is 0.506 e. The van der Waals surface area contributed by atoms with E-state index >= 15 is 0 Å². The van der Waals surface area contributed by atoms with Crippen LogP contribution in [0.1, 0.15) is 0 Å². The molecule has 0 aliphatic heterocycles. The molecule has 2 rings (SSSR count). The molecule has 0 fully saturated rings. The van der Waals surface area contributed by atoms with Gasteiger partial charge in [0, 0.05) is 12.4 Å². The van der Waals surface area contributed by atoms with Gasteiger partial charge in [0.2, 0.25) is 5.95 Å². The highest BCUT2D eigenvalue weighted by atomic mass is 32.2. The van der Waals surface area contributed by atoms with Gasteiger partial charge in [0.15, 0.2) is 0 Å². The van der Waals surface area contributed by atoms with Gasteiger partial charge in [-0.1, -0.05) is 0 Å². The number of nitrogens with two attached hydrogens (primary N) is 1. The van der Waals surface area contributed by atoms with Crippen LogP contribution in [0.5, 0.6) is 5.75 Å². The molecule has 2 aromatic rings. The van der Waals surface area contributed by atoms with E-state index in [2.05, 4.69) is 14.7 Å². The summed E-state index contributed by atoms with van der Waals surface area (Å²) in [5.74, 6) is -0.0569. The minimum absolute atomic E-state index is 0.00711. The second-order valence-electron chi connectivity index (χ2n) is 3.26. The average Bonchev–Trinajstić information content (AvgIpc) is 2.73. The van der Waals surface area contributed by atoms with Crippen LogP contribution in [0.3, 0.4) is 0 Å². The van der Waals surface area contributed by atoms with E-state index in [1.165, 1.54) is 30.6 Å². The number of aromatic hydroxyl groups is 1. The molecule has 1 heterocycles. The van der Waals surface area contributed by atoms with Gasteiger partial charge < -0.3 is 15.8 Å². The third kappa shape index (κ3) is 2.31. The molecule has 1 aromatic heterocycles. The van der Waals surface area contributed by atoms with E-state index in [0.717, 1.165) is 0 Å². The first-order valence-corrected chi connectivity index (χ1v) is 6.08. The lowest BCUT2D eigenvalue weighted by Gasteiger charge is -2.06. The molecule has 0 saturated carbocycles. The zero-order valence-corrected chi connectivity index (χ0v) is 9.40. The number of nitrogens with zero attached hydrogens (tertiary/aromatic N) is 1. The average molecular weight is 254 g/mol. The van der Waals surface area contributed by atoms with Gasteiger partial charge in [0.1, 0.15) is 5.75 Å². The summed E-state index contributed by atoms with van der Waals surface area (Å²) in [6.45, 7) is 0. The van der Waals surface area contributed by atoms with Crippen molar-refractivity contribution < 1.29 is 13.5 Å². The van der Waals surface area contributed by atoms with Gasteiger partial charge >= 0.3 is 0 Å². The van der Waals surface area contributed by atoms with Crippen molar-refractivity contribution in [2.75, 3.05) is 10.5 Å². The Morgan fingerprint density at radius 1 is 1.41 bits per heavy atom. The lowest BCUT2D eigenvalue weighted by Crippen LogP contribution is -2.14. The molecule has 0 radical (unpaired) electrons. The Morgan fingerprint density at radius 3 is 2.76 bits per heavy atom. The van der Waals surface area contributed by atoms with Crippen molar-refractivity contribution in [2.24, 2.45) is 0 Å². The number of nitrogens with one attached hydrogen (secondary N) is 2. The Labute approximate surface area is 97.4 Å². The molecule has 1 aromatic carbocycles. The summed E-state index contributed by atoms with van der Waals surface area (Å²) < 4.78 is 25.9. The SMILES string of the molecule is Nc1cc(S(=O)(=O)Nc2ncc[nH]2)ccc1O.